The fraction of sp³-hybridized carbons (Fsp3) is 0.167. The smallest absolute Gasteiger partial charge is 0.268 e. The average Bonchev–Trinajstić information content (AvgIpc) is 2.30. The van der Waals surface area contributed by atoms with Crippen LogP contribution in [0.3, 0.4) is 0 Å². The second kappa shape index (κ2) is 4.71. The summed E-state index contributed by atoms with van der Waals surface area (Å²) in [5, 5.41) is 0. The number of nitrogens with two attached hydrogens (primary N) is 1. The Hall–Kier alpha value is -1.62. The van der Waals surface area contributed by atoms with Crippen LogP contribution in [0.25, 0.3) is 0 Å². The van der Waals surface area contributed by atoms with Crippen molar-refractivity contribution >= 4 is 21.6 Å². The number of hydrogen-bond acceptors (Lipinski definition) is 3. The highest BCUT2D eigenvalue weighted by atomic mass is 79.9. The zero-order valence-electron chi connectivity index (χ0n) is 9.35. The highest BCUT2D eigenvalue weighted by Crippen LogP contribution is 2.09. The molecule has 1 aromatic carbocycles. The molecule has 1 heterocycles. The fourth-order valence-electron chi connectivity index (χ4n) is 1.61. The van der Waals surface area contributed by atoms with Gasteiger partial charge >= 0.3 is 0 Å². The van der Waals surface area contributed by atoms with Crippen molar-refractivity contribution in [3.8, 4) is 0 Å². The molecule has 2 aromatic rings. The minimum Gasteiger partial charge on any atom is -0.399 e. The van der Waals surface area contributed by atoms with Crippen LogP contribution in [0.5, 0.6) is 0 Å². The van der Waals surface area contributed by atoms with E-state index < -0.39 is 0 Å². The number of aromatic nitrogens is 2. The molecule has 0 spiro atoms. The van der Waals surface area contributed by atoms with Gasteiger partial charge in [-0.25, -0.2) is 4.98 Å². The average molecular weight is 294 g/mol. The van der Waals surface area contributed by atoms with Crippen LogP contribution in [0.4, 0.5) is 5.69 Å². The fourth-order valence-corrected chi connectivity index (χ4v) is 1.93. The van der Waals surface area contributed by atoms with Gasteiger partial charge in [0.1, 0.15) is 10.3 Å². The minimum absolute atomic E-state index is 0.0834. The molecule has 0 aliphatic rings. The van der Waals surface area contributed by atoms with E-state index in [1.807, 2.05) is 24.3 Å². The lowest BCUT2D eigenvalue weighted by Gasteiger charge is -2.09. The van der Waals surface area contributed by atoms with Crippen molar-refractivity contribution in [2.45, 2.75) is 13.5 Å². The molecule has 0 unspecified atom stereocenters. The predicted octanol–water partition coefficient (Wildman–Crippen LogP) is 1.94. The van der Waals surface area contributed by atoms with E-state index in [9.17, 15) is 4.79 Å². The molecule has 4 nitrogen and oxygen atoms in total. The van der Waals surface area contributed by atoms with Gasteiger partial charge in [-0.15, -0.1) is 0 Å². The molecule has 88 valence electrons. The van der Waals surface area contributed by atoms with Gasteiger partial charge in [-0.05, 0) is 40.5 Å². The summed E-state index contributed by atoms with van der Waals surface area (Å²) >= 11 is 3.19. The van der Waals surface area contributed by atoms with Gasteiger partial charge in [0.2, 0.25) is 0 Å². The molecule has 0 aliphatic carbocycles. The lowest BCUT2D eigenvalue weighted by molar-refractivity contribution is 0.695. The predicted molar refractivity (Wildman–Crippen MR) is 70.9 cm³/mol. The van der Waals surface area contributed by atoms with Gasteiger partial charge in [-0.1, -0.05) is 12.1 Å². The molecule has 2 N–H and O–H groups in total. The van der Waals surface area contributed by atoms with E-state index in [-0.39, 0.29) is 5.56 Å². The lowest BCUT2D eigenvalue weighted by Crippen LogP contribution is -2.24. The summed E-state index contributed by atoms with van der Waals surface area (Å²) < 4.78 is 2.07. The van der Waals surface area contributed by atoms with E-state index in [4.69, 9.17) is 5.73 Å². The first-order valence-electron chi connectivity index (χ1n) is 5.14. The molecular weight excluding hydrogens is 282 g/mol. The summed E-state index contributed by atoms with van der Waals surface area (Å²) in [7, 11) is 0. The Morgan fingerprint density at radius 2 is 2.24 bits per heavy atom. The molecule has 0 radical (unpaired) electrons. The van der Waals surface area contributed by atoms with Gasteiger partial charge in [0.15, 0.2) is 0 Å². The number of nitrogen functional groups attached to an aromatic ring is 1. The van der Waals surface area contributed by atoms with E-state index in [1.165, 1.54) is 6.20 Å². The molecule has 0 bridgehead atoms. The molecule has 0 aliphatic heterocycles. The highest BCUT2D eigenvalue weighted by molar-refractivity contribution is 9.10. The van der Waals surface area contributed by atoms with Gasteiger partial charge in [-0.2, -0.15) is 0 Å². The maximum Gasteiger partial charge on any atom is 0.268 e. The first-order valence-corrected chi connectivity index (χ1v) is 5.93. The Bertz CT molecular complexity index is 607. The summed E-state index contributed by atoms with van der Waals surface area (Å²) in [4.78, 5) is 16.1. The molecule has 0 fully saturated rings. The van der Waals surface area contributed by atoms with Gasteiger partial charge < -0.3 is 5.73 Å². The molecule has 0 atom stereocenters. The molecular formula is C12H12BrN3O. The van der Waals surface area contributed by atoms with Crippen molar-refractivity contribution in [2.75, 3.05) is 5.73 Å². The van der Waals surface area contributed by atoms with E-state index in [0.29, 0.717) is 22.5 Å². The molecule has 0 saturated carbocycles. The van der Waals surface area contributed by atoms with E-state index >= 15 is 0 Å². The number of nitrogens with zero attached hydrogens (tertiary/aromatic N) is 2. The van der Waals surface area contributed by atoms with Crippen LogP contribution in [0.1, 0.15) is 11.4 Å². The van der Waals surface area contributed by atoms with E-state index in [2.05, 4.69) is 20.9 Å². The molecule has 5 heteroatoms. The zero-order chi connectivity index (χ0) is 12.4. The van der Waals surface area contributed by atoms with Crippen LogP contribution in [0, 0.1) is 6.92 Å². The minimum atomic E-state index is -0.0834. The lowest BCUT2D eigenvalue weighted by atomic mass is 10.2. The first kappa shape index (κ1) is 11.9. The van der Waals surface area contributed by atoms with Crippen LogP contribution >= 0.6 is 15.9 Å². The van der Waals surface area contributed by atoms with Gasteiger partial charge in [0.05, 0.1) is 6.54 Å². The van der Waals surface area contributed by atoms with Crippen molar-refractivity contribution in [1.82, 2.24) is 9.55 Å². The summed E-state index contributed by atoms with van der Waals surface area (Å²) in [6, 6.07) is 7.48. The number of rotatable bonds is 2. The van der Waals surface area contributed by atoms with Crippen LogP contribution < -0.4 is 11.3 Å². The first-order chi connectivity index (χ1) is 8.08. The Morgan fingerprint density at radius 3 is 2.94 bits per heavy atom. The summed E-state index contributed by atoms with van der Waals surface area (Å²) in [5.41, 5.74) is 7.30. The number of aryl methyl sites for hydroxylation is 1. The molecule has 2 rings (SSSR count). The second-order valence-electron chi connectivity index (χ2n) is 3.79. The third kappa shape index (κ3) is 2.55. The van der Waals surface area contributed by atoms with Crippen molar-refractivity contribution in [3.63, 3.8) is 0 Å². The maximum absolute atomic E-state index is 11.9. The van der Waals surface area contributed by atoms with E-state index in [1.54, 1.807) is 11.5 Å². The Labute approximate surface area is 107 Å². The van der Waals surface area contributed by atoms with Crippen LogP contribution in [0.15, 0.2) is 39.7 Å². The van der Waals surface area contributed by atoms with Gasteiger partial charge in [-0.3, -0.25) is 9.36 Å². The van der Waals surface area contributed by atoms with E-state index in [0.717, 1.165) is 5.56 Å². The normalized spacial score (nSPS) is 10.5. The largest absolute Gasteiger partial charge is 0.399 e. The second-order valence-corrected chi connectivity index (χ2v) is 4.64. The standard InChI is InChI=1S/C12H12BrN3O/c1-8-15-6-11(13)12(17)16(8)7-9-3-2-4-10(14)5-9/h2-6H,7,14H2,1H3. The molecule has 0 amide bonds. The summed E-state index contributed by atoms with van der Waals surface area (Å²) in [5.74, 6) is 0.681. The third-order valence-electron chi connectivity index (χ3n) is 2.50. The third-order valence-corrected chi connectivity index (χ3v) is 3.04. The summed E-state index contributed by atoms with van der Waals surface area (Å²) in [6.07, 6.45) is 1.52. The summed E-state index contributed by atoms with van der Waals surface area (Å²) in [6.45, 7) is 2.28. The molecule has 0 saturated heterocycles. The van der Waals surface area contributed by atoms with Crippen molar-refractivity contribution in [3.05, 3.63) is 56.7 Å². The van der Waals surface area contributed by atoms with Crippen molar-refractivity contribution < 1.29 is 0 Å². The maximum atomic E-state index is 11.9. The zero-order valence-corrected chi connectivity index (χ0v) is 10.9. The molecule has 17 heavy (non-hydrogen) atoms. The highest BCUT2D eigenvalue weighted by Gasteiger charge is 2.06. The Balaban J connectivity index is 2.43. The van der Waals surface area contributed by atoms with Crippen molar-refractivity contribution in [2.24, 2.45) is 0 Å². The quantitative estimate of drug-likeness (QED) is 0.861. The monoisotopic (exact) mass is 293 g/mol. The van der Waals surface area contributed by atoms with Gasteiger partial charge in [0.25, 0.3) is 5.56 Å². The SMILES string of the molecule is Cc1ncc(Br)c(=O)n1Cc1cccc(N)c1. The molecule has 1 aromatic heterocycles. The number of benzene rings is 1. The van der Waals surface area contributed by atoms with Crippen LogP contribution in [-0.2, 0) is 6.54 Å². The van der Waals surface area contributed by atoms with Gasteiger partial charge in [0, 0.05) is 11.9 Å². The number of halogens is 1. The Morgan fingerprint density at radius 1 is 1.47 bits per heavy atom. The topological polar surface area (TPSA) is 60.9 Å². The Kier molecular flexibility index (Phi) is 3.28. The number of anilines is 1. The van der Waals surface area contributed by atoms with Crippen LogP contribution in [0.2, 0.25) is 0 Å². The number of hydrogen-bond donors (Lipinski definition) is 1. The van der Waals surface area contributed by atoms with Crippen LogP contribution in [-0.4, -0.2) is 9.55 Å². The van der Waals surface area contributed by atoms with Crippen molar-refractivity contribution in [1.29, 1.82) is 0 Å².